The number of rotatable bonds is 4. The Hall–Kier alpha value is -1.20. The molecule has 1 amide bonds. The van der Waals surface area contributed by atoms with Gasteiger partial charge in [-0.25, -0.2) is 0 Å². The summed E-state index contributed by atoms with van der Waals surface area (Å²) >= 11 is 2.01. The van der Waals surface area contributed by atoms with Crippen molar-refractivity contribution in [3.8, 4) is 0 Å². The van der Waals surface area contributed by atoms with E-state index >= 15 is 0 Å². The fraction of sp³-hybridized carbons (Fsp3) is 0.533. The summed E-state index contributed by atoms with van der Waals surface area (Å²) in [7, 11) is 0. The van der Waals surface area contributed by atoms with Crippen molar-refractivity contribution in [1.82, 2.24) is 4.90 Å². The first kappa shape index (κ1) is 15.2. The molecule has 1 saturated heterocycles. The van der Waals surface area contributed by atoms with E-state index < -0.39 is 0 Å². The largest absolute Gasteiger partial charge is 0.399 e. The number of benzene rings is 1. The second-order valence-corrected chi connectivity index (χ2v) is 6.76. The van der Waals surface area contributed by atoms with E-state index in [1.807, 2.05) is 30.0 Å². The summed E-state index contributed by atoms with van der Waals surface area (Å²) in [6, 6.07) is 7.83. The molecule has 0 saturated carbocycles. The first-order valence-corrected chi connectivity index (χ1v) is 8.12. The number of nitrogen functional groups attached to an aromatic ring is 1. The predicted octanol–water partition coefficient (Wildman–Crippen LogP) is 2.42. The van der Waals surface area contributed by atoms with Crippen molar-refractivity contribution in [3.05, 3.63) is 24.3 Å². The molecule has 0 aliphatic carbocycles. The fourth-order valence-corrected chi connectivity index (χ4v) is 3.56. The van der Waals surface area contributed by atoms with Crippen molar-refractivity contribution in [2.45, 2.75) is 31.6 Å². The van der Waals surface area contributed by atoms with Gasteiger partial charge in [-0.3, -0.25) is 9.69 Å². The lowest BCUT2D eigenvalue weighted by molar-refractivity contribution is -0.116. The molecule has 0 radical (unpaired) electrons. The number of nitrogens with two attached hydrogens (primary N) is 1. The Labute approximate surface area is 125 Å². The lowest BCUT2D eigenvalue weighted by atomic mass is 10.2. The van der Waals surface area contributed by atoms with Crippen LogP contribution in [-0.4, -0.2) is 40.9 Å². The predicted molar refractivity (Wildman–Crippen MR) is 87.1 cm³/mol. The molecule has 4 nitrogen and oxygen atoms in total. The molecule has 0 aromatic heterocycles. The number of anilines is 2. The van der Waals surface area contributed by atoms with Gasteiger partial charge in [0.15, 0.2) is 0 Å². The summed E-state index contributed by atoms with van der Waals surface area (Å²) < 4.78 is 0. The lowest BCUT2D eigenvalue weighted by Crippen LogP contribution is -2.45. The van der Waals surface area contributed by atoms with Crippen LogP contribution in [-0.2, 0) is 4.79 Å². The zero-order valence-electron chi connectivity index (χ0n) is 12.1. The normalized spacial score (nSPS) is 23.5. The maximum absolute atomic E-state index is 12.0. The first-order valence-electron chi connectivity index (χ1n) is 7.07. The zero-order chi connectivity index (χ0) is 14.5. The van der Waals surface area contributed by atoms with Gasteiger partial charge in [-0.2, -0.15) is 11.8 Å². The number of thioether (sulfide) groups is 1. The minimum Gasteiger partial charge on any atom is -0.399 e. The number of nitrogens with one attached hydrogen (secondary N) is 1. The number of nitrogens with zero attached hydrogens (tertiary/aromatic N) is 1. The van der Waals surface area contributed by atoms with Gasteiger partial charge < -0.3 is 11.1 Å². The maximum atomic E-state index is 12.0. The number of amides is 1. The SMILES string of the molecule is CC1SCCN(CCC(=O)Nc2cccc(N)c2)C1C. The Morgan fingerprint density at radius 2 is 2.30 bits per heavy atom. The average molecular weight is 293 g/mol. The van der Waals surface area contributed by atoms with Crippen molar-refractivity contribution in [1.29, 1.82) is 0 Å². The fourth-order valence-electron chi connectivity index (χ4n) is 2.40. The summed E-state index contributed by atoms with van der Waals surface area (Å²) in [6.45, 7) is 6.39. The third kappa shape index (κ3) is 4.15. The number of hydrogen-bond acceptors (Lipinski definition) is 4. The highest BCUT2D eigenvalue weighted by Crippen LogP contribution is 2.24. The van der Waals surface area contributed by atoms with Crippen molar-refractivity contribution in [2.24, 2.45) is 0 Å². The molecule has 1 heterocycles. The Bertz CT molecular complexity index is 466. The average Bonchev–Trinajstić information content (AvgIpc) is 2.40. The van der Waals surface area contributed by atoms with Crippen LogP contribution in [0.25, 0.3) is 0 Å². The van der Waals surface area contributed by atoms with Crippen molar-refractivity contribution in [2.75, 3.05) is 29.9 Å². The Balaban J connectivity index is 1.80. The molecule has 20 heavy (non-hydrogen) atoms. The van der Waals surface area contributed by atoms with E-state index in [0.29, 0.717) is 23.4 Å². The molecule has 0 spiro atoms. The van der Waals surface area contributed by atoms with Crippen molar-refractivity contribution >= 4 is 29.0 Å². The van der Waals surface area contributed by atoms with Crippen LogP contribution in [0.5, 0.6) is 0 Å². The first-order chi connectivity index (χ1) is 9.56. The number of hydrogen-bond donors (Lipinski definition) is 2. The highest BCUT2D eigenvalue weighted by molar-refractivity contribution is 8.00. The third-order valence-corrected chi connectivity index (χ3v) is 5.15. The summed E-state index contributed by atoms with van der Waals surface area (Å²) in [4.78, 5) is 14.4. The summed E-state index contributed by atoms with van der Waals surface area (Å²) in [5.41, 5.74) is 7.13. The molecule has 1 aliphatic heterocycles. The maximum Gasteiger partial charge on any atom is 0.225 e. The molecule has 5 heteroatoms. The van der Waals surface area contributed by atoms with Crippen LogP contribution in [0.4, 0.5) is 11.4 Å². The molecule has 1 aliphatic rings. The molecular formula is C15H23N3OS. The Morgan fingerprint density at radius 1 is 1.50 bits per heavy atom. The minimum atomic E-state index is 0.0497. The van der Waals surface area contributed by atoms with Gasteiger partial charge in [0.25, 0.3) is 0 Å². The van der Waals surface area contributed by atoms with E-state index in [-0.39, 0.29) is 5.91 Å². The molecule has 0 bridgehead atoms. The summed E-state index contributed by atoms with van der Waals surface area (Å²) in [5, 5.41) is 3.54. The van der Waals surface area contributed by atoms with Crippen LogP contribution >= 0.6 is 11.8 Å². The molecule has 2 atom stereocenters. The standard InChI is InChI=1S/C15H23N3OS/c1-11-12(2)20-9-8-18(11)7-6-15(19)17-14-5-3-4-13(16)10-14/h3-5,10-12H,6-9,16H2,1-2H3,(H,17,19). The topological polar surface area (TPSA) is 58.4 Å². The van der Waals surface area contributed by atoms with Crippen molar-refractivity contribution in [3.63, 3.8) is 0 Å². The summed E-state index contributed by atoms with van der Waals surface area (Å²) in [6.07, 6.45) is 0.524. The van der Waals surface area contributed by atoms with Gasteiger partial charge in [0.1, 0.15) is 0 Å². The zero-order valence-corrected chi connectivity index (χ0v) is 13.0. The van der Waals surface area contributed by atoms with Crippen LogP contribution in [0.2, 0.25) is 0 Å². The molecule has 2 rings (SSSR count). The number of carbonyl (C=O) groups excluding carboxylic acids is 1. The van der Waals surface area contributed by atoms with Crippen LogP contribution < -0.4 is 11.1 Å². The van der Waals surface area contributed by atoms with Crippen LogP contribution in [0.3, 0.4) is 0 Å². The van der Waals surface area contributed by atoms with E-state index in [4.69, 9.17) is 5.73 Å². The van der Waals surface area contributed by atoms with Crippen LogP contribution in [0.1, 0.15) is 20.3 Å². The molecule has 110 valence electrons. The minimum absolute atomic E-state index is 0.0497. The van der Waals surface area contributed by atoms with Crippen LogP contribution in [0, 0.1) is 0 Å². The van der Waals surface area contributed by atoms with Gasteiger partial charge >= 0.3 is 0 Å². The van der Waals surface area contributed by atoms with Gasteiger partial charge in [0, 0.05) is 47.9 Å². The van der Waals surface area contributed by atoms with Gasteiger partial charge in [-0.1, -0.05) is 13.0 Å². The molecule has 1 fully saturated rings. The van der Waals surface area contributed by atoms with E-state index in [2.05, 4.69) is 24.1 Å². The van der Waals surface area contributed by atoms with Crippen molar-refractivity contribution < 1.29 is 4.79 Å². The van der Waals surface area contributed by atoms with E-state index in [1.165, 1.54) is 0 Å². The Kier molecular flexibility index (Phi) is 5.31. The smallest absolute Gasteiger partial charge is 0.225 e. The molecule has 1 aromatic rings. The molecule has 2 unspecified atom stereocenters. The van der Waals surface area contributed by atoms with E-state index in [1.54, 1.807) is 6.07 Å². The van der Waals surface area contributed by atoms with Gasteiger partial charge in [-0.05, 0) is 25.1 Å². The summed E-state index contributed by atoms with van der Waals surface area (Å²) in [5.74, 6) is 1.20. The van der Waals surface area contributed by atoms with E-state index in [9.17, 15) is 4.79 Å². The second kappa shape index (κ2) is 6.99. The quantitative estimate of drug-likeness (QED) is 0.837. The van der Waals surface area contributed by atoms with Gasteiger partial charge in [0.05, 0.1) is 0 Å². The monoisotopic (exact) mass is 293 g/mol. The third-order valence-electron chi connectivity index (χ3n) is 3.81. The molecule has 1 aromatic carbocycles. The number of carbonyl (C=O) groups is 1. The molecular weight excluding hydrogens is 270 g/mol. The highest BCUT2D eigenvalue weighted by Gasteiger charge is 2.25. The van der Waals surface area contributed by atoms with Gasteiger partial charge in [0.2, 0.25) is 5.91 Å². The molecule has 3 N–H and O–H groups in total. The Morgan fingerprint density at radius 3 is 3.05 bits per heavy atom. The highest BCUT2D eigenvalue weighted by atomic mass is 32.2. The lowest BCUT2D eigenvalue weighted by Gasteiger charge is -2.37. The van der Waals surface area contributed by atoms with Crippen LogP contribution in [0.15, 0.2) is 24.3 Å². The second-order valence-electron chi connectivity index (χ2n) is 5.28. The van der Waals surface area contributed by atoms with Gasteiger partial charge in [-0.15, -0.1) is 0 Å². The van der Waals surface area contributed by atoms with E-state index in [0.717, 1.165) is 24.5 Å².